The Morgan fingerprint density at radius 3 is 2.50 bits per heavy atom. The van der Waals surface area contributed by atoms with E-state index in [1.54, 1.807) is 54.7 Å². The number of carboxylic acid groups (broad SMARTS) is 1. The molecule has 5 heteroatoms. The first-order valence-electron chi connectivity index (χ1n) is 7.30. The van der Waals surface area contributed by atoms with Gasteiger partial charge >= 0.3 is 5.97 Å². The van der Waals surface area contributed by atoms with E-state index in [1.807, 2.05) is 13.0 Å². The summed E-state index contributed by atoms with van der Waals surface area (Å²) in [5.74, 6) is 0.469. The summed E-state index contributed by atoms with van der Waals surface area (Å²) in [5.41, 5.74) is 2.61. The Morgan fingerprint density at radius 2 is 1.83 bits per heavy atom. The van der Waals surface area contributed by atoms with Crippen LogP contribution < -0.4 is 0 Å². The summed E-state index contributed by atoms with van der Waals surface area (Å²) in [6, 6.07) is 15.0. The van der Waals surface area contributed by atoms with E-state index in [0.29, 0.717) is 17.2 Å². The Morgan fingerprint density at radius 1 is 1.08 bits per heavy atom. The zero-order chi connectivity index (χ0) is 17.1. The Hall–Kier alpha value is -3.34. The fourth-order valence-corrected chi connectivity index (χ4v) is 2.32. The fourth-order valence-electron chi connectivity index (χ4n) is 2.32. The van der Waals surface area contributed by atoms with Crippen molar-refractivity contribution < 1.29 is 19.4 Å². The second-order valence-corrected chi connectivity index (χ2v) is 5.31. The average molecular weight is 321 g/mol. The number of aliphatic imine (C=N–C) groups is 1. The molecule has 0 atom stereocenters. The molecule has 0 aliphatic rings. The van der Waals surface area contributed by atoms with Crippen LogP contribution in [0, 0.1) is 6.92 Å². The molecule has 3 rings (SSSR count). The lowest BCUT2D eigenvalue weighted by Crippen LogP contribution is -1.96. The summed E-state index contributed by atoms with van der Waals surface area (Å²) in [7, 11) is 0. The SMILES string of the molecule is Cc1cc(C(=O)O)ccc1-c1ccc(C=Nc2ccc(O)cc2)o1. The third kappa shape index (κ3) is 3.35. The van der Waals surface area contributed by atoms with Crippen LogP contribution in [0.5, 0.6) is 5.75 Å². The van der Waals surface area contributed by atoms with Crippen LogP contribution in [0.2, 0.25) is 0 Å². The van der Waals surface area contributed by atoms with Gasteiger partial charge in [-0.15, -0.1) is 0 Å². The van der Waals surface area contributed by atoms with Gasteiger partial charge in [0.05, 0.1) is 17.5 Å². The van der Waals surface area contributed by atoms with Gasteiger partial charge in [-0.05, 0) is 61.0 Å². The molecule has 1 heterocycles. The van der Waals surface area contributed by atoms with Gasteiger partial charge < -0.3 is 14.6 Å². The van der Waals surface area contributed by atoms with Gasteiger partial charge in [0.2, 0.25) is 0 Å². The van der Waals surface area contributed by atoms with Crippen LogP contribution in [0.15, 0.2) is 64.0 Å². The van der Waals surface area contributed by atoms with Gasteiger partial charge in [-0.25, -0.2) is 4.79 Å². The zero-order valence-corrected chi connectivity index (χ0v) is 12.9. The average Bonchev–Trinajstić information content (AvgIpc) is 3.03. The number of carboxylic acids is 1. The van der Waals surface area contributed by atoms with E-state index in [9.17, 15) is 9.90 Å². The number of hydrogen-bond donors (Lipinski definition) is 2. The molecule has 2 N–H and O–H groups in total. The van der Waals surface area contributed by atoms with Crippen molar-refractivity contribution in [3.8, 4) is 17.1 Å². The van der Waals surface area contributed by atoms with Crippen molar-refractivity contribution in [3.63, 3.8) is 0 Å². The lowest BCUT2D eigenvalue weighted by Gasteiger charge is -2.03. The number of carbonyl (C=O) groups is 1. The summed E-state index contributed by atoms with van der Waals surface area (Å²) < 4.78 is 5.75. The molecule has 0 bridgehead atoms. The topological polar surface area (TPSA) is 83.0 Å². The van der Waals surface area contributed by atoms with Crippen molar-refractivity contribution in [2.75, 3.05) is 0 Å². The summed E-state index contributed by atoms with van der Waals surface area (Å²) in [6.45, 7) is 1.84. The molecule has 120 valence electrons. The molecule has 0 aliphatic heterocycles. The molecule has 0 spiro atoms. The highest BCUT2D eigenvalue weighted by Crippen LogP contribution is 2.26. The highest BCUT2D eigenvalue weighted by Gasteiger charge is 2.10. The first-order chi connectivity index (χ1) is 11.5. The molecule has 0 radical (unpaired) electrons. The monoisotopic (exact) mass is 321 g/mol. The number of benzene rings is 2. The van der Waals surface area contributed by atoms with Gasteiger partial charge in [-0.1, -0.05) is 6.07 Å². The molecule has 2 aromatic carbocycles. The van der Waals surface area contributed by atoms with Crippen LogP contribution in [-0.2, 0) is 0 Å². The van der Waals surface area contributed by atoms with Crippen LogP contribution in [0.1, 0.15) is 21.7 Å². The normalized spacial score (nSPS) is 11.0. The van der Waals surface area contributed by atoms with Crippen molar-refractivity contribution in [3.05, 3.63) is 71.5 Å². The van der Waals surface area contributed by atoms with E-state index in [2.05, 4.69) is 4.99 Å². The van der Waals surface area contributed by atoms with Crippen molar-refractivity contribution in [2.45, 2.75) is 6.92 Å². The lowest BCUT2D eigenvalue weighted by atomic mass is 10.0. The molecule has 0 saturated heterocycles. The highest BCUT2D eigenvalue weighted by atomic mass is 16.4. The number of aromatic carboxylic acids is 1. The molecule has 0 unspecified atom stereocenters. The minimum Gasteiger partial charge on any atom is -0.508 e. The van der Waals surface area contributed by atoms with Gasteiger partial charge in [-0.3, -0.25) is 4.99 Å². The maximum Gasteiger partial charge on any atom is 0.335 e. The van der Waals surface area contributed by atoms with Gasteiger partial charge in [0.15, 0.2) is 0 Å². The summed E-state index contributed by atoms with van der Waals surface area (Å²) >= 11 is 0. The largest absolute Gasteiger partial charge is 0.508 e. The number of hydrogen-bond acceptors (Lipinski definition) is 4. The van der Waals surface area contributed by atoms with Crippen LogP contribution >= 0.6 is 0 Å². The number of rotatable bonds is 4. The molecule has 0 fully saturated rings. The summed E-state index contributed by atoms with van der Waals surface area (Å²) in [5, 5.41) is 18.3. The minimum absolute atomic E-state index is 0.189. The zero-order valence-electron chi connectivity index (χ0n) is 12.9. The maximum absolute atomic E-state index is 11.0. The van der Waals surface area contributed by atoms with Crippen molar-refractivity contribution in [2.24, 2.45) is 4.99 Å². The third-order valence-electron chi connectivity index (χ3n) is 3.56. The van der Waals surface area contributed by atoms with Crippen molar-refractivity contribution in [1.82, 2.24) is 0 Å². The molecule has 0 amide bonds. The Kier molecular flexibility index (Phi) is 4.16. The molecule has 0 saturated carbocycles. The van der Waals surface area contributed by atoms with E-state index in [4.69, 9.17) is 9.52 Å². The maximum atomic E-state index is 11.0. The predicted molar refractivity (Wildman–Crippen MR) is 91.2 cm³/mol. The minimum atomic E-state index is -0.953. The van der Waals surface area contributed by atoms with E-state index in [0.717, 1.165) is 11.1 Å². The van der Waals surface area contributed by atoms with E-state index in [1.165, 1.54) is 0 Å². The van der Waals surface area contributed by atoms with E-state index in [-0.39, 0.29) is 11.3 Å². The van der Waals surface area contributed by atoms with Crippen molar-refractivity contribution >= 4 is 17.9 Å². The number of aromatic hydroxyl groups is 1. The number of aryl methyl sites for hydroxylation is 1. The second kappa shape index (κ2) is 6.42. The van der Waals surface area contributed by atoms with E-state index >= 15 is 0 Å². The van der Waals surface area contributed by atoms with Crippen molar-refractivity contribution in [1.29, 1.82) is 0 Å². The molecular formula is C19H15NO4. The molecule has 24 heavy (non-hydrogen) atoms. The number of phenolic OH excluding ortho intramolecular Hbond substituents is 1. The fraction of sp³-hybridized carbons (Fsp3) is 0.0526. The predicted octanol–water partition coefficient (Wildman–Crippen LogP) is 4.41. The quantitative estimate of drug-likeness (QED) is 0.697. The van der Waals surface area contributed by atoms with Gasteiger partial charge in [-0.2, -0.15) is 0 Å². The first kappa shape index (κ1) is 15.6. The Balaban J connectivity index is 1.83. The highest BCUT2D eigenvalue weighted by molar-refractivity contribution is 5.89. The Labute approximate surface area is 138 Å². The van der Waals surface area contributed by atoms with Gasteiger partial charge in [0.1, 0.15) is 17.3 Å². The summed E-state index contributed by atoms with van der Waals surface area (Å²) in [6.07, 6.45) is 1.59. The molecule has 5 nitrogen and oxygen atoms in total. The Bertz CT molecular complexity index is 907. The third-order valence-corrected chi connectivity index (χ3v) is 3.56. The molecule has 3 aromatic rings. The summed E-state index contributed by atoms with van der Waals surface area (Å²) in [4.78, 5) is 15.3. The van der Waals surface area contributed by atoms with Crippen LogP contribution in [-0.4, -0.2) is 22.4 Å². The lowest BCUT2D eigenvalue weighted by molar-refractivity contribution is 0.0697. The van der Waals surface area contributed by atoms with E-state index < -0.39 is 5.97 Å². The van der Waals surface area contributed by atoms with Gasteiger partial charge in [0, 0.05) is 5.56 Å². The standard InChI is InChI=1S/C19H15NO4/c1-12-10-13(19(22)23)2-8-17(12)18-9-7-16(24-18)11-20-14-3-5-15(21)6-4-14/h2-11,21H,1H3,(H,22,23). The molecular weight excluding hydrogens is 306 g/mol. The molecule has 1 aromatic heterocycles. The first-order valence-corrected chi connectivity index (χ1v) is 7.30. The van der Waals surface area contributed by atoms with Crippen LogP contribution in [0.25, 0.3) is 11.3 Å². The molecule has 0 aliphatic carbocycles. The van der Waals surface area contributed by atoms with Crippen LogP contribution in [0.4, 0.5) is 5.69 Å². The number of furan rings is 1. The van der Waals surface area contributed by atoms with Gasteiger partial charge in [0.25, 0.3) is 0 Å². The van der Waals surface area contributed by atoms with Crippen LogP contribution in [0.3, 0.4) is 0 Å². The smallest absolute Gasteiger partial charge is 0.335 e. The number of phenols is 1. The second-order valence-electron chi connectivity index (χ2n) is 5.31. The number of nitrogens with zero attached hydrogens (tertiary/aromatic N) is 1.